The molecule has 2 N–H and O–H groups in total. The Kier molecular flexibility index (Phi) is 5.20. The Morgan fingerprint density at radius 1 is 1.50 bits per heavy atom. The maximum atomic E-state index is 11.5. The summed E-state index contributed by atoms with van der Waals surface area (Å²) in [5, 5.41) is 4.38. The second-order valence-corrected chi connectivity index (χ2v) is 5.07. The molecule has 0 spiro atoms. The third-order valence-corrected chi connectivity index (χ3v) is 3.12. The monoisotopic (exact) mass is 355 g/mol. The van der Waals surface area contributed by atoms with Crippen molar-refractivity contribution < 1.29 is 9.53 Å². The number of carbonyl (C=O) groups excluding carboxylic acids is 1. The summed E-state index contributed by atoms with van der Waals surface area (Å²) < 4.78 is 6.03. The van der Waals surface area contributed by atoms with Crippen LogP contribution in [0.4, 0.5) is 0 Å². The molecule has 0 aliphatic heterocycles. The van der Waals surface area contributed by atoms with E-state index in [0.717, 1.165) is 5.69 Å². The molecule has 0 fully saturated rings. The smallest absolute Gasteiger partial charge is 0.277 e. The topological polar surface area (TPSA) is 66.5 Å². The molecule has 0 aliphatic carbocycles. The van der Waals surface area contributed by atoms with E-state index in [1.54, 1.807) is 24.4 Å². The number of ether oxygens (including phenoxy) is 1. The van der Waals surface area contributed by atoms with Crippen molar-refractivity contribution >= 4 is 39.7 Å². The molecule has 0 radical (unpaired) electrons. The normalized spacial score (nSPS) is 10.7. The first kappa shape index (κ1) is 14.6. The molecule has 0 saturated heterocycles. The van der Waals surface area contributed by atoms with Crippen LogP contribution in [-0.2, 0) is 4.79 Å². The van der Waals surface area contributed by atoms with Crippen LogP contribution in [0.1, 0.15) is 5.69 Å². The van der Waals surface area contributed by atoms with E-state index in [4.69, 9.17) is 16.3 Å². The first-order valence-electron chi connectivity index (χ1n) is 5.68. The Labute approximate surface area is 129 Å². The molecule has 1 heterocycles. The molecule has 7 heteroatoms. The van der Waals surface area contributed by atoms with Gasteiger partial charge in [0.25, 0.3) is 5.91 Å². The SMILES string of the molecule is O=C(COc1ccc(Cl)cc1Br)NN=Cc1ccc[nH]1. The molecule has 5 nitrogen and oxygen atoms in total. The number of carbonyl (C=O) groups is 1. The van der Waals surface area contributed by atoms with Crippen molar-refractivity contribution in [1.29, 1.82) is 0 Å². The average Bonchev–Trinajstić information content (AvgIpc) is 2.91. The van der Waals surface area contributed by atoms with Gasteiger partial charge in [-0.05, 0) is 46.3 Å². The van der Waals surface area contributed by atoms with Gasteiger partial charge in [-0.1, -0.05) is 11.6 Å². The van der Waals surface area contributed by atoms with E-state index in [1.165, 1.54) is 6.21 Å². The lowest BCUT2D eigenvalue weighted by Gasteiger charge is -2.07. The number of aromatic amines is 1. The van der Waals surface area contributed by atoms with Crippen LogP contribution in [0.2, 0.25) is 5.02 Å². The molecule has 104 valence electrons. The number of hydrogen-bond donors (Lipinski definition) is 2. The predicted molar refractivity (Wildman–Crippen MR) is 81.2 cm³/mol. The number of nitrogens with one attached hydrogen (secondary N) is 2. The minimum atomic E-state index is -0.352. The average molecular weight is 357 g/mol. The molecule has 2 rings (SSSR count). The van der Waals surface area contributed by atoms with Crippen LogP contribution in [-0.4, -0.2) is 23.7 Å². The number of aromatic nitrogens is 1. The third-order valence-electron chi connectivity index (χ3n) is 2.27. The zero-order valence-corrected chi connectivity index (χ0v) is 12.6. The number of amides is 1. The zero-order valence-electron chi connectivity index (χ0n) is 10.3. The van der Waals surface area contributed by atoms with E-state index in [9.17, 15) is 4.79 Å². The van der Waals surface area contributed by atoms with Gasteiger partial charge in [0.2, 0.25) is 0 Å². The standard InChI is InChI=1S/C13H11BrClN3O2/c14-11-6-9(15)3-4-12(11)20-8-13(19)18-17-7-10-2-1-5-16-10/h1-7,16H,8H2,(H,18,19). The van der Waals surface area contributed by atoms with Gasteiger partial charge in [-0.2, -0.15) is 5.10 Å². The highest BCUT2D eigenvalue weighted by molar-refractivity contribution is 9.10. The summed E-state index contributed by atoms with van der Waals surface area (Å²) in [6, 6.07) is 8.73. The Morgan fingerprint density at radius 2 is 2.35 bits per heavy atom. The second-order valence-electron chi connectivity index (χ2n) is 3.78. The molecule has 20 heavy (non-hydrogen) atoms. The van der Waals surface area contributed by atoms with Gasteiger partial charge >= 0.3 is 0 Å². The summed E-state index contributed by atoms with van der Waals surface area (Å²) in [5.74, 6) is 0.188. The van der Waals surface area contributed by atoms with E-state index in [1.807, 2.05) is 12.1 Å². The Hall–Kier alpha value is -1.79. The van der Waals surface area contributed by atoms with Crippen LogP contribution in [0.25, 0.3) is 0 Å². The quantitative estimate of drug-likeness (QED) is 0.639. The lowest BCUT2D eigenvalue weighted by molar-refractivity contribution is -0.123. The van der Waals surface area contributed by atoms with Crippen LogP contribution in [0.3, 0.4) is 0 Å². The Balaban J connectivity index is 1.80. The van der Waals surface area contributed by atoms with Gasteiger partial charge < -0.3 is 9.72 Å². The molecule has 1 aromatic heterocycles. The van der Waals surface area contributed by atoms with Crippen LogP contribution >= 0.6 is 27.5 Å². The summed E-state index contributed by atoms with van der Waals surface area (Å²) in [5.41, 5.74) is 3.16. The van der Waals surface area contributed by atoms with E-state index in [-0.39, 0.29) is 12.5 Å². The molecular weight excluding hydrogens is 346 g/mol. The summed E-state index contributed by atoms with van der Waals surface area (Å²) in [6.07, 6.45) is 3.28. The van der Waals surface area contributed by atoms with Crippen molar-refractivity contribution in [3.8, 4) is 5.75 Å². The molecule has 1 amide bonds. The maximum Gasteiger partial charge on any atom is 0.277 e. The van der Waals surface area contributed by atoms with Crippen molar-refractivity contribution in [3.05, 3.63) is 51.7 Å². The van der Waals surface area contributed by atoms with Crippen molar-refractivity contribution in [2.45, 2.75) is 0 Å². The summed E-state index contributed by atoms with van der Waals surface area (Å²) in [6.45, 7) is -0.137. The van der Waals surface area contributed by atoms with Crippen molar-refractivity contribution in [2.75, 3.05) is 6.61 Å². The largest absolute Gasteiger partial charge is 0.483 e. The predicted octanol–water partition coefficient (Wildman–Crippen LogP) is 2.96. The maximum absolute atomic E-state index is 11.5. The Bertz CT molecular complexity index is 614. The van der Waals surface area contributed by atoms with E-state index in [0.29, 0.717) is 15.2 Å². The molecule has 0 unspecified atom stereocenters. The van der Waals surface area contributed by atoms with Crippen LogP contribution in [0, 0.1) is 0 Å². The highest BCUT2D eigenvalue weighted by atomic mass is 79.9. The number of rotatable bonds is 5. The van der Waals surface area contributed by atoms with Gasteiger partial charge in [0.1, 0.15) is 5.75 Å². The highest BCUT2D eigenvalue weighted by Gasteiger charge is 2.05. The van der Waals surface area contributed by atoms with Crippen LogP contribution < -0.4 is 10.2 Å². The minimum Gasteiger partial charge on any atom is -0.483 e. The van der Waals surface area contributed by atoms with E-state index >= 15 is 0 Å². The second kappa shape index (κ2) is 7.12. The number of H-pyrrole nitrogens is 1. The molecule has 0 bridgehead atoms. The number of benzene rings is 1. The third kappa shape index (κ3) is 4.40. The molecule has 0 atom stereocenters. The van der Waals surface area contributed by atoms with Gasteiger partial charge in [-0.15, -0.1) is 0 Å². The van der Waals surface area contributed by atoms with Crippen molar-refractivity contribution in [2.24, 2.45) is 5.10 Å². The highest BCUT2D eigenvalue weighted by Crippen LogP contribution is 2.27. The van der Waals surface area contributed by atoms with E-state index in [2.05, 4.69) is 31.4 Å². The van der Waals surface area contributed by atoms with Gasteiger partial charge in [-0.25, -0.2) is 5.43 Å². The van der Waals surface area contributed by atoms with Gasteiger partial charge in [0.05, 0.1) is 16.4 Å². The van der Waals surface area contributed by atoms with Crippen LogP contribution in [0.5, 0.6) is 5.75 Å². The lowest BCUT2D eigenvalue weighted by Crippen LogP contribution is -2.24. The van der Waals surface area contributed by atoms with Gasteiger partial charge in [-0.3, -0.25) is 4.79 Å². The fourth-order valence-corrected chi connectivity index (χ4v) is 2.16. The van der Waals surface area contributed by atoms with Crippen LogP contribution in [0.15, 0.2) is 46.1 Å². The molecule has 2 aromatic rings. The lowest BCUT2D eigenvalue weighted by atomic mass is 10.3. The Morgan fingerprint density at radius 3 is 3.05 bits per heavy atom. The zero-order chi connectivity index (χ0) is 14.4. The number of halogens is 2. The number of hydrogen-bond acceptors (Lipinski definition) is 3. The van der Waals surface area contributed by atoms with Gasteiger partial charge in [0, 0.05) is 11.2 Å². The molecule has 0 aliphatic rings. The fraction of sp³-hybridized carbons (Fsp3) is 0.0769. The molecular formula is C13H11BrClN3O2. The number of hydrazone groups is 1. The first-order chi connectivity index (χ1) is 9.65. The number of nitrogens with zero attached hydrogens (tertiary/aromatic N) is 1. The molecule has 1 aromatic carbocycles. The van der Waals surface area contributed by atoms with Gasteiger partial charge in [0.15, 0.2) is 6.61 Å². The first-order valence-corrected chi connectivity index (χ1v) is 6.85. The fourth-order valence-electron chi connectivity index (χ4n) is 1.37. The molecule has 0 saturated carbocycles. The summed E-state index contributed by atoms with van der Waals surface area (Å²) >= 11 is 9.11. The van der Waals surface area contributed by atoms with Crippen molar-refractivity contribution in [3.63, 3.8) is 0 Å². The minimum absolute atomic E-state index is 0.137. The summed E-state index contributed by atoms with van der Waals surface area (Å²) in [7, 11) is 0. The van der Waals surface area contributed by atoms with Crippen molar-refractivity contribution in [1.82, 2.24) is 10.4 Å². The summed E-state index contributed by atoms with van der Waals surface area (Å²) in [4.78, 5) is 14.5. The van der Waals surface area contributed by atoms with E-state index < -0.39 is 0 Å².